The number of nitrogens with one attached hydrogen (secondary N) is 1. The lowest BCUT2D eigenvalue weighted by atomic mass is 9.96. The highest BCUT2D eigenvalue weighted by Gasteiger charge is 2.41. The minimum absolute atomic E-state index is 0.523. The zero-order chi connectivity index (χ0) is 14.3. The van der Waals surface area contributed by atoms with Gasteiger partial charge in [-0.25, -0.2) is 0 Å². The number of benzene rings is 1. The van der Waals surface area contributed by atoms with Crippen LogP contribution in [0.25, 0.3) is 0 Å². The summed E-state index contributed by atoms with van der Waals surface area (Å²) in [5, 5.41) is 5.40. The van der Waals surface area contributed by atoms with Gasteiger partial charge in [-0.3, -0.25) is 0 Å². The Labute approximate surface area is 135 Å². The number of hydrogen-bond donors (Lipinski definition) is 1. The van der Waals surface area contributed by atoms with Gasteiger partial charge in [0.25, 0.3) is 0 Å². The van der Waals surface area contributed by atoms with E-state index in [0.29, 0.717) is 33.2 Å². The number of rotatable bonds is 3. The van der Waals surface area contributed by atoms with Crippen LogP contribution in [0.3, 0.4) is 0 Å². The van der Waals surface area contributed by atoms with Gasteiger partial charge in [0.1, 0.15) is 0 Å². The largest absolute Gasteiger partial charge is 0.364 e. The van der Waals surface area contributed by atoms with Crippen LogP contribution >= 0.6 is 34.8 Å². The summed E-state index contributed by atoms with van der Waals surface area (Å²) >= 11 is 18.6. The summed E-state index contributed by atoms with van der Waals surface area (Å²) in [5.41, 5.74) is 1.04. The van der Waals surface area contributed by atoms with E-state index in [1.807, 2.05) is 6.07 Å². The minimum atomic E-state index is 0.523. The lowest BCUT2D eigenvalue weighted by molar-refractivity contribution is 0.361. The van der Waals surface area contributed by atoms with E-state index in [4.69, 9.17) is 34.8 Å². The number of nitrogens with zero attached hydrogens (tertiary/aromatic N) is 1. The van der Waals surface area contributed by atoms with Crippen molar-refractivity contribution < 1.29 is 0 Å². The van der Waals surface area contributed by atoms with Crippen molar-refractivity contribution in [2.45, 2.75) is 50.7 Å². The van der Waals surface area contributed by atoms with E-state index in [0.717, 1.165) is 12.2 Å². The van der Waals surface area contributed by atoms with Crippen LogP contribution in [0.5, 0.6) is 0 Å². The van der Waals surface area contributed by atoms with Crippen molar-refractivity contribution in [3.05, 3.63) is 27.2 Å². The maximum Gasteiger partial charge on any atom is 0.0655 e. The molecular weight excluding hydrogens is 315 g/mol. The smallest absolute Gasteiger partial charge is 0.0655 e. The van der Waals surface area contributed by atoms with Crippen molar-refractivity contribution in [2.75, 3.05) is 11.4 Å². The van der Waals surface area contributed by atoms with Crippen LogP contribution in [0, 0.1) is 0 Å². The molecule has 2 fully saturated rings. The van der Waals surface area contributed by atoms with Crippen molar-refractivity contribution in [2.24, 2.45) is 0 Å². The van der Waals surface area contributed by atoms with Crippen molar-refractivity contribution in [1.82, 2.24) is 5.32 Å². The van der Waals surface area contributed by atoms with Crippen molar-refractivity contribution in [3.8, 4) is 0 Å². The molecule has 1 aromatic rings. The molecule has 20 heavy (non-hydrogen) atoms. The molecule has 2 atom stereocenters. The second-order valence-corrected chi connectivity index (χ2v) is 6.96. The van der Waals surface area contributed by atoms with E-state index in [-0.39, 0.29) is 0 Å². The van der Waals surface area contributed by atoms with E-state index < -0.39 is 0 Å². The lowest BCUT2D eigenvalue weighted by Gasteiger charge is -2.41. The molecule has 0 amide bonds. The Balaban J connectivity index is 1.87. The Kier molecular flexibility index (Phi) is 4.37. The number of piperidine rings is 1. The molecule has 110 valence electrons. The Morgan fingerprint density at radius 1 is 1.05 bits per heavy atom. The quantitative estimate of drug-likeness (QED) is 0.803. The van der Waals surface area contributed by atoms with Crippen LogP contribution in [-0.4, -0.2) is 24.7 Å². The second kappa shape index (κ2) is 5.92. The zero-order valence-corrected chi connectivity index (χ0v) is 13.8. The monoisotopic (exact) mass is 332 g/mol. The molecule has 3 rings (SSSR count). The molecule has 1 aromatic carbocycles. The highest BCUT2D eigenvalue weighted by atomic mass is 35.5. The predicted molar refractivity (Wildman–Crippen MR) is 87.5 cm³/mol. The minimum Gasteiger partial charge on any atom is -0.364 e. The molecule has 1 N–H and O–H groups in total. The van der Waals surface area contributed by atoms with Crippen LogP contribution in [-0.2, 0) is 0 Å². The maximum absolute atomic E-state index is 6.39. The standard InChI is InChI=1S/C15H19Cl3N2/c1-2-19-9-5-10-3-4-11(6-9)20(10)15-8-13(17)12(16)7-14(15)18/h7-11,19H,2-6H2,1H3. The molecule has 2 aliphatic heterocycles. The summed E-state index contributed by atoms with van der Waals surface area (Å²) in [7, 11) is 0. The number of fused-ring (bicyclic) bond motifs is 2. The average molecular weight is 334 g/mol. The summed E-state index contributed by atoms with van der Waals surface area (Å²) in [4.78, 5) is 2.47. The lowest BCUT2D eigenvalue weighted by Crippen LogP contribution is -2.49. The molecule has 0 spiro atoms. The molecule has 2 bridgehead atoms. The summed E-state index contributed by atoms with van der Waals surface area (Å²) in [6, 6.07) is 5.44. The highest BCUT2D eigenvalue weighted by Crippen LogP contribution is 2.44. The summed E-state index contributed by atoms with van der Waals surface area (Å²) in [6.07, 6.45) is 4.84. The van der Waals surface area contributed by atoms with Crippen LogP contribution in [0.15, 0.2) is 12.1 Å². The Bertz CT molecular complexity index is 492. The van der Waals surface area contributed by atoms with Crippen molar-refractivity contribution in [3.63, 3.8) is 0 Å². The van der Waals surface area contributed by atoms with Gasteiger partial charge in [0.15, 0.2) is 0 Å². The van der Waals surface area contributed by atoms with E-state index in [9.17, 15) is 0 Å². The van der Waals surface area contributed by atoms with Gasteiger partial charge in [-0.15, -0.1) is 0 Å². The first kappa shape index (κ1) is 14.8. The molecule has 2 aliphatic rings. The van der Waals surface area contributed by atoms with Crippen LogP contribution < -0.4 is 10.2 Å². The summed E-state index contributed by atoms with van der Waals surface area (Å²) in [5.74, 6) is 0. The summed E-state index contributed by atoms with van der Waals surface area (Å²) in [6.45, 7) is 3.21. The van der Waals surface area contributed by atoms with E-state index in [1.165, 1.54) is 25.7 Å². The van der Waals surface area contributed by atoms with Gasteiger partial charge in [0.2, 0.25) is 0 Å². The third-order valence-corrected chi connectivity index (χ3v) is 5.52. The van der Waals surface area contributed by atoms with E-state index in [2.05, 4.69) is 17.1 Å². The van der Waals surface area contributed by atoms with Crippen molar-refractivity contribution in [1.29, 1.82) is 0 Å². The molecule has 2 nitrogen and oxygen atoms in total. The SMILES string of the molecule is CCNC1CC2CCC(C1)N2c1cc(Cl)c(Cl)cc1Cl. The Morgan fingerprint density at radius 2 is 1.65 bits per heavy atom. The van der Waals surface area contributed by atoms with Crippen LogP contribution in [0.2, 0.25) is 15.1 Å². The molecule has 0 saturated carbocycles. The first-order valence-corrected chi connectivity index (χ1v) is 8.39. The highest BCUT2D eigenvalue weighted by molar-refractivity contribution is 6.44. The molecule has 5 heteroatoms. The van der Waals surface area contributed by atoms with Crippen LogP contribution in [0.1, 0.15) is 32.6 Å². The molecule has 2 unspecified atom stereocenters. The number of hydrogen-bond acceptors (Lipinski definition) is 2. The third kappa shape index (κ3) is 2.64. The fourth-order valence-corrected chi connectivity index (χ4v) is 4.37. The Hall–Kier alpha value is -0.150. The fourth-order valence-electron chi connectivity index (χ4n) is 3.74. The second-order valence-electron chi connectivity index (χ2n) is 5.74. The summed E-state index contributed by atoms with van der Waals surface area (Å²) < 4.78 is 0. The van der Waals surface area contributed by atoms with Gasteiger partial charge in [0, 0.05) is 18.1 Å². The maximum atomic E-state index is 6.39. The third-order valence-electron chi connectivity index (χ3n) is 4.49. The van der Waals surface area contributed by atoms with Gasteiger partial charge in [-0.05, 0) is 44.4 Å². The van der Waals surface area contributed by atoms with E-state index in [1.54, 1.807) is 6.07 Å². The normalized spacial score (nSPS) is 29.0. The number of anilines is 1. The fraction of sp³-hybridized carbons (Fsp3) is 0.600. The van der Waals surface area contributed by atoms with Crippen molar-refractivity contribution >= 4 is 40.5 Å². The van der Waals surface area contributed by atoms with Gasteiger partial charge < -0.3 is 10.2 Å². The van der Waals surface area contributed by atoms with E-state index >= 15 is 0 Å². The first-order chi connectivity index (χ1) is 9.60. The molecule has 0 radical (unpaired) electrons. The van der Waals surface area contributed by atoms with Gasteiger partial charge in [-0.1, -0.05) is 41.7 Å². The average Bonchev–Trinajstić information content (AvgIpc) is 2.66. The van der Waals surface area contributed by atoms with Gasteiger partial charge in [0.05, 0.1) is 20.8 Å². The van der Waals surface area contributed by atoms with Gasteiger partial charge in [-0.2, -0.15) is 0 Å². The molecule has 2 heterocycles. The molecule has 0 aliphatic carbocycles. The molecule has 0 aromatic heterocycles. The topological polar surface area (TPSA) is 15.3 Å². The Morgan fingerprint density at radius 3 is 2.25 bits per heavy atom. The number of halogens is 3. The van der Waals surface area contributed by atoms with Crippen LogP contribution in [0.4, 0.5) is 5.69 Å². The molecular formula is C15H19Cl3N2. The van der Waals surface area contributed by atoms with Gasteiger partial charge >= 0.3 is 0 Å². The predicted octanol–water partition coefficient (Wildman–Crippen LogP) is 4.76. The zero-order valence-electron chi connectivity index (χ0n) is 11.5. The first-order valence-electron chi connectivity index (χ1n) is 7.26. The molecule has 2 saturated heterocycles.